The number of methoxy groups -OCH3 is 2. The van der Waals surface area contributed by atoms with Crippen molar-refractivity contribution in [2.24, 2.45) is 0 Å². The number of rotatable bonds is 8. The highest BCUT2D eigenvalue weighted by Crippen LogP contribution is 2.29. The van der Waals surface area contributed by atoms with Gasteiger partial charge in [-0.15, -0.1) is 0 Å². The average molecular weight is 313 g/mol. The second-order valence-electron chi connectivity index (χ2n) is 5.31. The van der Waals surface area contributed by atoms with Crippen LogP contribution in [0.1, 0.15) is 24.8 Å². The Bertz CT molecular complexity index is 626. The molecule has 0 heterocycles. The number of amides is 1. The summed E-state index contributed by atoms with van der Waals surface area (Å²) in [5, 5.41) is 2.89. The van der Waals surface area contributed by atoms with Gasteiger partial charge in [0.15, 0.2) is 0 Å². The van der Waals surface area contributed by atoms with Crippen LogP contribution in [0.5, 0.6) is 11.5 Å². The van der Waals surface area contributed by atoms with Crippen molar-refractivity contribution in [2.45, 2.75) is 25.7 Å². The van der Waals surface area contributed by atoms with E-state index in [1.54, 1.807) is 32.4 Å². The zero-order valence-corrected chi connectivity index (χ0v) is 13.7. The van der Waals surface area contributed by atoms with Gasteiger partial charge < -0.3 is 14.8 Å². The Labute approximate surface area is 137 Å². The van der Waals surface area contributed by atoms with Crippen molar-refractivity contribution >= 4 is 11.6 Å². The minimum absolute atomic E-state index is 0.00142. The molecule has 1 amide bonds. The molecule has 0 aromatic heterocycles. The highest BCUT2D eigenvalue weighted by molar-refractivity contribution is 5.92. The van der Waals surface area contributed by atoms with Crippen molar-refractivity contribution in [2.75, 3.05) is 19.5 Å². The number of carbonyl (C=O) groups is 1. The molecule has 0 aliphatic heterocycles. The van der Waals surface area contributed by atoms with Crippen LogP contribution in [0.4, 0.5) is 5.69 Å². The number of nitrogens with one attached hydrogen (secondary N) is 1. The van der Waals surface area contributed by atoms with Gasteiger partial charge in [-0.05, 0) is 37.0 Å². The van der Waals surface area contributed by atoms with E-state index in [1.807, 2.05) is 18.2 Å². The summed E-state index contributed by atoms with van der Waals surface area (Å²) in [5.74, 6) is 1.30. The molecule has 122 valence electrons. The fraction of sp³-hybridized carbons (Fsp3) is 0.316. The molecule has 0 aliphatic rings. The monoisotopic (exact) mass is 313 g/mol. The normalized spacial score (nSPS) is 10.2. The van der Waals surface area contributed by atoms with Crippen LogP contribution in [0, 0.1) is 0 Å². The van der Waals surface area contributed by atoms with Crippen LogP contribution in [0.2, 0.25) is 0 Å². The average Bonchev–Trinajstić information content (AvgIpc) is 2.60. The van der Waals surface area contributed by atoms with Gasteiger partial charge >= 0.3 is 0 Å². The van der Waals surface area contributed by atoms with Crippen LogP contribution in [0.25, 0.3) is 0 Å². The van der Waals surface area contributed by atoms with E-state index in [4.69, 9.17) is 9.47 Å². The van der Waals surface area contributed by atoms with Crippen LogP contribution in [-0.4, -0.2) is 20.1 Å². The summed E-state index contributed by atoms with van der Waals surface area (Å²) < 4.78 is 10.4. The molecule has 0 saturated heterocycles. The Morgan fingerprint density at radius 1 is 1.00 bits per heavy atom. The molecule has 4 heteroatoms. The van der Waals surface area contributed by atoms with Gasteiger partial charge in [0.25, 0.3) is 0 Å². The lowest BCUT2D eigenvalue weighted by molar-refractivity contribution is -0.116. The van der Waals surface area contributed by atoms with Gasteiger partial charge in [0.2, 0.25) is 5.91 Å². The molecular formula is C19H23NO3. The number of unbranched alkanes of at least 4 members (excludes halogenated alkanes) is 1. The summed E-state index contributed by atoms with van der Waals surface area (Å²) in [7, 11) is 3.17. The van der Waals surface area contributed by atoms with Crippen LogP contribution in [-0.2, 0) is 11.2 Å². The first kappa shape index (κ1) is 16.9. The van der Waals surface area contributed by atoms with Gasteiger partial charge in [-0.25, -0.2) is 0 Å². The summed E-state index contributed by atoms with van der Waals surface area (Å²) in [6.45, 7) is 0. The third-order valence-electron chi connectivity index (χ3n) is 3.64. The summed E-state index contributed by atoms with van der Waals surface area (Å²) in [6.07, 6.45) is 3.36. The molecule has 0 saturated carbocycles. The van der Waals surface area contributed by atoms with E-state index in [0.717, 1.165) is 19.3 Å². The molecular weight excluding hydrogens is 290 g/mol. The molecule has 2 rings (SSSR count). The van der Waals surface area contributed by atoms with Gasteiger partial charge in [-0.1, -0.05) is 30.3 Å². The van der Waals surface area contributed by atoms with Gasteiger partial charge in [0, 0.05) is 12.5 Å². The topological polar surface area (TPSA) is 47.6 Å². The number of carbonyl (C=O) groups excluding carboxylic acids is 1. The van der Waals surface area contributed by atoms with Crippen molar-refractivity contribution in [3.63, 3.8) is 0 Å². The number of benzene rings is 2. The Balaban J connectivity index is 1.78. The summed E-state index contributed by atoms with van der Waals surface area (Å²) in [4.78, 5) is 12.0. The lowest BCUT2D eigenvalue weighted by Gasteiger charge is -2.11. The maximum atomic E-state index is 12.0. The van der Waals surface area contributed by atoms with Crippen LogP contribution >= 0.6 is 0 Å². The van der Waals surface area contributed by atoms with E-state index < -0.39 is 0 Å². The Morgan fingerprint density at radius 3 is 2.48 bits per heavy atom. The third-order valence-corrected chi connectivity index (χ3v) is 3.64. The number of hydrogen-bond donors (Lipinski definition) is 1. The van der Waals surface area contributed by atoms with Crippen LogP contribution in [0.15, 0.2) is 48.5 Å². The van der Waals surface area contributed by atoms with E-state index in [1.165, 1.54) is 5.56 Å². The van der Waals surface area contributed by atoms with E-state index in [-0.39, 0.29) is 5.91 Å². The molecule has 0 atom stereocenters. The largest absolute Gasteiger partial charge is 0.497 e. The predicted octanol–water partition coefficient (Wildman–Crippen LogP) is 4.06. The minimum Gasteiger partial charge on any atom is -0.497 e. The standard InChI is InChI=1S/C19H23NO3/c1-22-16-12-13-17(18(14-16)23-2)20-19(21)11-7-6-10-15-8-4-3-5-9-15/h3-5,8-9,12-14H,6-7,10-11H2,1-2H3,(H,20,21). The van der Waals surface area contributed by atoms with Gasteiger partial charge in [-0.3, -0.25) is 4.79 Å². The van der Waals surface area contributed by atoms with Gasteiger partial charge in [-0.2, -0.15) is 0 Å². The molecule has 0 radical (unpaired) electrons. The number of ether oxygens (including phenoxy) is 2. The maximum absolute atomic E-state index is 12.0. The fourth-order valence-electron chi connectivity index (χ4n) is 2.37. The summed E-state index contributed by atoms with van der Waals surface area (Å²) in [6, 6.07) is 15.7. The minimum atomic E-state index is 0.00142. The zero-order valence-electron chi connectivity index (χ0n) is 13.7. The molecule has 0 fully saturated rings. The smallest absolute Gasteiger partial charge is 0.224 e. The summed E-state index contributed by atoms with van der Waals surface area (Å²) in [5.41, 5.74) is 1.98. The molecule has 0 aliphatic carbocycles. The van der Waals surface area contributed by atoms with Crippen LogP contribution in [0.3, 0.4) is 0 Å². The molecule has 2 aromatic carbocycles. The number of hydrogen-bond acceptors (Lipinski definition) is 3. The highest BCUT2D eigenvalue weighted by atomic mass is 16.5. The molecule has 4 nitrogen and oxygen atoms in total. The molecule has 23 heavy (non-hydrogen) atoms. The first-order valence-corrected chi connectivity index (χ1v) is 7.78. The molecule has 0 bridgehead atoms. The Kier molecular flexibility index (Phi) is 6.48. The molecule has 0 spiro atoms. The first-order chi connectivity index (χ1) is 11.2. The van der Waals surface area contributed by atoms with Crippen molar-refractivity contribution in [1.82, 2.24) is 0 Å². The maximum Gasteiger partial charge on any atom is 0.224 e. The van der Waals surface area contributed by atoms with E-state index in [9.17, 15) is 4.79 Å². The predicted molar refractivity (Wildman–Crippen MR) is 92.2 cm³/mol. The van der Waals surface area contributed by atoms with Crippen molar-refractivity contribution in [3.8, 4) is 11.5 Å². The molecule has 1 N–H and O–H groups in total. The van der Waals surface area contributed by atoms with Crippen molar-refractivity contribution in [1.29, 1.82) is 0 Å². The third kappa shape index (κ3) is 5.33. The molecule has 2 aromatic rings. The van der Waals surface area contributed by atoms with Crippen LogP contribution < -0.4 is 14.8 Å². The zero-order chi connectivity index (χ0) is 16.5. The second kappa shape index (κ2) is 8.83. The lowest BCUT2D eigenvalue weighted by atomic mass is 10.1. The van der Waals surface area contributed by atoms with E-state index in [0.29, 0.717) is 23.6 Å². The quantitative estimate of drug-likeness (QED) is 0.748. The molecule has 0 unspecified atom stereocenters. The lowest BCUT2D eigenvalue weighted by Crippen LogP contribution is -2.12. The van der Waals surface area contributed by atoms with E-state index in [2.05, 4.69) is 17.4 Å². The highest BCUT2D eigenvalue weighted by Gasteiger charge is 2.08. The number of anilines is 1. The van der Waals surface area contributed by atoms with Gasteiger partial charge in [0.1, 0.15) is 11.5 Å². The van der Waals surface area contributed by atoms with Crippen molar-refractivity contribution < 1.29 is 14.3 Å². The van der Waals surface area contributed by atoms with E-state index >= 15 is 0 Å². The van der Waals surface area contributed by atoms with Gasteiger partial charge in [0.05, 0.1) is 19.9 Å². The Morgan fingerprint density at radius 2 is 1.78 bits per heavy atom. The number of aryl methyl sites for hydroxylation is 1. The fourth-order valence-corrected chi connectivity index (χ4v) is 2.37. The van der Waals surface area contributed by atoms with Crippen molar-refractivity contribution in [3.05, 3.63) is 54.1 Å². The SMILES string of the molecule is COc1ccc(NC(=O)CCCCc2ccccc2)c(OC)c1. The first-order valence-electron chi connectivity index (χ1n) is 7.78. The Hall–Kier alpha value is -2.49. The second-order valence-corrected chi connectivity index (χ2v) is 5.31. The summed E-state index contributed by atoms with van der Waals surface area (Å²) >= 11 is 0.